The topological polar surface area (TPSA) is 55.5 Å². The number of hydrogen-bond acceptors (Lipinski definition) is 3. The van der Waals surface area contributed by atoms with Crippen LogP contribution in [0, 0.1) is 10.1 Å². The van der Waals surface area contributed by atoms with Gasteiger partial charge < -0.3 is 0 Å². The predicted molar refractivity (Wildman–Crippen MR) is 130 cm³/mol. The summed E-state index contributed by atoms with van der Waals surface area (Å²) in [6, 6.07) is 38.8. The lowest BCUT2D eigenvalue weighted by molar-refractivity contribution is -0.400. The molecule has 0 heterocycles. The Hall–Kier alpha value is -3.75. The van der Waals surface area contributed by atoms with Crippen molar-refractivity contribution in [3.05, 3.63) is 137 Å². The van der Waals surface area contributed by atoms with Crippen LogP contribution in [0.1, 0.15) is 5.56 Å². The van der Waals surface area contributed by atoms with Crippen LogP contribution in [0.15, 0.2) is 126 Å². The van der Waals surface area contributed by atoms with Gasteiger partial charge >= 0.3 is 0 Å². The number of nitro groups is 1. The molecule has 4 nitrogen and oxygen atoms in total. The maximum Gasteiger partial charge on any atom is 0.235 e. The Bertz CT molecular complexity index is 1130. The molecular weight excluding hydrogens is 403 g/mol. The second-order valence-electron chi connectivity index (χ2n) is 6.93. The molecule has 4 aromatic rings. The number of rotatable bonds is 6. The maximum absolute atomic E-state index is 10.6. The fourth-order valence-electron chi connectivity index (χ4n) is 3.52. The first-order valence-corrected chi connectivity index (χ1v) is 11.6. The van der Waals surface area contributed by atoms with Gasteiger partial charge in [0.05, 0.1) is 17.7 Å². The van der Waals surface area contributed by atoms with Crippen molar-refractivity contribution in [3.63, 3.8) is 0 Å². The molecule has 0 fully saturated rings. The molecule has 0 saturated heterocycles. The Balaban J connectivity index is 1.97. The van der Waals surface area contributed by atoms with Gasteiger partial charge in [-0.05, 0) is 17.7 Å². The SMILES string of the molecule is O=[N+]([O-])C=Cc1ccc(N=P(c2ccccc2)(c2ccccc2)c2ccccc2)cc1. The van der Waals surface area contributed by atoms with Crippen molar-refractivity contribution in [2.75, 3.05) is 0 Å². The number of benzene rings is 4. The second kappa shape index (κ2) is 9.38. The van der Waals surface area contributed by atoms with Gasteiger partial charge in [-0.3, -0.25) is 14.9 Å². The molecule has 0 bridgehead atoms. The van der Waals surface area contributed by atoms with Crippen LogP contribution in [0.3, 0.4) is 0 Å². The van der Waals surface area contributed by atoms with Crippen LogP contribution in [0.25, 0.3) is 6.08 Å². The van der Waals surface area contributed by atoms with Crippen LogP contribution in [-0.2, 0) is 0 Å². The van der Waals surface area contributed by atoms with Gasteiger partial charge in [0.25, 0.3) is 0 Å². The summed E-state index contributed by atoms with van der Waals surface area (Å²) in [5.74, 6) is 0. The minimum absolute atomic E-state index is 0.463. The molecule has 4 aromatic carbocycles. The highest BCUT2D eigenvalue weighted by molar-refractivity contribution is 7.87. The van der Waals surface area contributed by atoms with Crippen LogP contribution in [-0.4, -0.2) is 4.92 Å². The quantitative estimate of drug-likeness (QED) is 0.225. The highest BCUT2D eigenvalue weighted by atomic mass is 31.2. The van der Waals surface area contributed by atoms with Crippen molar-refractivity contribution in [2.24, 2.45) is 4.74 Å². The molecule has 31 heavy (non-hydrogen) atoms. The third kappa shape index (κ3) is 4.55. The third-order valence-corrected chi connectivity index (χ3v) is 8.60. The van der Waals surface area contributed by atoms with Gasteiger partial charge in [0.2, 0.25) is 6.20 Å². The molecule has 4 rings (SSSR count). The average Bonchev–Trinajstić information content (AvgIpc) is 2.83. The number of nitrogens with zero attached hydrogens (tertiary/aromatic N) is 2. The molecule has 0 aliphatic carbocycles. The van der Waals surface area contributed by atoms with E-state index in [9.17, 15) is 10.1 Å². The van der Waals surface area contributed by atoms with Crippen molar-refractivity contribution in [1.82, 2.24) is 0 Å². The third-order valence-electron chi connectivity index (χ3n) is 4.94. The van der Waals surface area contributed by atoms with Gasteiger partial charge in [0.15, 0.2) is 0 Å². The van der Waals surface area contributed by atoms with Crippen LogP contribution in [0.2, 0.25) is 0 Å². The highest BCUT2D eigenvalue weighted by Crippen LogP contribution is 2.49. The summed E-state index contributed by atoms with van der Waals surface area (Å²) in [5, 5.41) is 14.1. The van der Waals surface area contributed by atoms with Crippen LogP contribution < -0.4 is 15.9 Å². The molecule has 5 heteroatoms. The molecule has 0 aliphatic heterocycles. The summed E-state index contributed by atoms with van der Waals surface area (Å²) in [6.07, 6.45) is 2.43. The zero-order chi connectivity index (χ0) is 21.5. The highest BCUT2D eigenvalue weighted by Gasteiger charge is 2.27. The minimum atomic E-state index is -2.32. The van der Waals surface area contributed by atoms with E-state index in [1.54, 1.807) is 0 Å². The Kier molecular flexibility index (Phi) is 6.21. The van der Waals surface area contributed by atoms with E-state index >= 15 is 0 Å². The van der Waals surface area contributed by atoms with Crippen molar-refractivity contribution >= 4 is 34.7 Å². The summed E-state index contributed by atoms with van der Waals surface area (Å²) < 4.78 is 5.39. The molecule has 0 amide bonds. The van der Waals surface area contributed by atoms with E-state index in [1.165, 1.54) is 22.0 Å². The van der Waals surface area contributed by atoms with Crippen LogP contribution in [0.4, 0.5) is 5.69 Å². The van der Waals surface area contributed by atoms with Crippen LogP contribution in [0.5, 0.6) is 0 Å². The Morgan fingerprint density at radius 1 is 0.645 bits per heavy atom. The van der Waals surface area contributed by atoms with Crippen molar-refractivity contribution < 1.29 is 4.92 Å². The first-order valence-electron chi connectivity index (χ1n) is 9.89. The smallest absolute Gasteiger partial charge is 0.235 e. The minimum Gasteiger partial charge on any atom is -0.259 e. The lowest BCUT2D eigenvalue weighted by atomic mass is 10.2. The Morgan fingerprint density at radius 2 is 1.06 bits per heavy atom. The summed E-state index contributed by atoms with van der Waals surface area (Å²) >= 11 is 0. The summed E-state index contributed by atoms with van der Waals surface area (Å²) in [4.78, 5) is 10.1. The van der Waals surface area contributed by atoms with E-state index in [4.69, 9.17) is 4.74 Å². The molecular formula is C26H21N2O2P. The molecule has 0 unspecified atom stereocenters. The van der Waals surface area contributed by atoms with Gasteiger partial charge in [-0.25, -0.2) is 0 Å². The Morgan fingerprint density at radius 3 is 1.45 bits per heavy atom. The average molecular weight is 424 g/mol. The Labute approximate surface area is 181 Å². The van der Waals surface area contributed by atoms with Gasteiger partial charge in [-0.2, -0.15) is 0 Å². The lowest BCUT2D eigenvalue weighted by Gasteiger charge is -2.27. The molecule has 0 spiro atoms. The van der Waals surface area contributed by atoms with E-state index in [0.29, 0.717) is 0 Å². The zero-order valence-electron chi connectivity index (χ0n) is 16.8. The van der Waals surface area contributed by atoms with Gasteiger partial charge in [-0.15, -0.1) is 0 Å². The normalized spacial score (nSPS) is 11.4. The molecule has 0 saturated carbocycles. The van der Waals surface area contributed by atoms with E-state index in [2.05, 4.69) is 72.8 Å². The van der Waals surface area contributed by atoms with E-state index in [-0.39, 0.29) is 0 Å². The van der Waals surface area contributed by atoms with Crippen molar-refractivity contribution in [1.29, 1.82) is 0 Å². The lowest BCUT2D eigenvalue weighted by Crippen LogP contribution is -2.25. The van der Waals surface area contributed by atoms with Crippen molar-refractivity contribution in [3.8, 4) is 0 Å². The fourth-order valence-corrected chi connectivity index (χ4v) is 7.06. The monoisotopic (exact) mass is 424 g/mol. The molecule has 0 aliphatic rings. The number of hydrogen-bond donors (Lipinski definition) is 0. The maximum atomic E-state index is 10.6. The van der Waals surface area contributed by atoms with E-state index in [1.807, 2.05) is 42.5 Å². The predicted octanol–water partition coefficient (Wildman–Crippen LogP) is 5.74. The van der Waals surface area contributed by atoms with E-state index in [0.717, 1.165) is 17.5 Å². The molecule has 152 valence electrons. The van der Waals surface area contributed by atoms with Gasteiger partial charge in [-0.1, -0.05) is 103 Å². The molecule has 0 aromatic heterocycles. The van der Waals surface area contributed by atoms with Crippen molar-refractivity contribution in [2.45, 2.75) is 0 Å². The standard InChI is InChI=1S/C26H21N2O2P/c29-28(30)21-20-22-16-18-23(19-17-22)27-31(24-10-4-1-5-11-24,25-12-6-2-7-13-25)26-14-8-3-9-15-26/h1-21H. The molecule has 0 atom stereocenters. The fraction of sp³-hybridized carbons (Fsp3) is 0. The van der Waals surface area contributed by atoms with Gasteiger partial charge in [0.1, 0.15) is 0 Å². The summed E-state index contributed by atoms with van der Waals surface area (Å²) in [5.41, 5.74) is 1.60. The van der Waals surface area contributed by atoms with Gasteiger partial charge in [0, 0.05) is 22.0 Å². The largest absolute Gasteiger partial charge is 0.259 e. The summed E-state index contributed by atoms with van der Waals surface area (Å²) in [6.45, 7) is 0. The zero-order valence-corrected chi connectivity index (χ0v) is 17.7. The first kappa shape index (κ1) is 20.5. The molecule has 0 radical (unpaired) electrons. The van der Waals surface area contributed by atoms with E-state index < -0.39 is 12.0 Å². The first-order chi connectivity index (χ1) is 15.2. The second-order valence-corrected chi connectivity index (χ2v) is 9.95. The summed E-state index contributed by atoms with van der Waals surface area (Å²) in [7, 11) is -2.32. The molecule has 0 N–H and O–H groups in total. The van der Waals surface area contributed by atoms with Crippen LogP contribution >= 0.6 is 7.05 Å².